The Hall–Kier alpha value is -2.14. The molecule has 0 spiro atoms. The molecule has 0 saturated carbocycles. The van der Waals surface area contributed by atoms with E-state index in [2.05, 4.69) is 6.07 Å². The summed E-state index contributed by atoms with van der Waals surface area (Å²) < 4.78 is 13.1. The number of benzene rings is 2. The monoisotopic (exact) mass is 211 g/mol. The Balaban J connectivity index is 2.69. The minimum absolute atomic E-state index is 0.287. The van der Waals surface area contributed by atoms with E-state index in [1.54, 1.807) is 12.1 Å². The molecule has 0 bridgehead atoms. The number of aryl methyl sites for hydroxylation is 1. The summed E-state index contributed by atoms with van der Waals surface area (Å²) in [6, 6.07) is 13.9. The molecule has 0 amide bonds. The average Bonchev–Trinajstić information content (AvgIpc) is 2.28. The Morgan fingerprint density at radius 1 is 1.12 bits per heavy atom. The van der Waals surface area contributed by atoms with Gasteiger partial charge in [0.1, 0.15) is 5.82 Å². The van der Waals surface area contributed by atoms with E-state index in [0.717, 1.165) is 16.7 Å². The van der Waals surface area contributed by atoms with Crippen molar-refractivity contribution in [2.75, 3.05) is 0 Å². The molecule has 0 aliphatic rings. The lowest BCUT2D eigenvalue weighted by atomic mass is 9.96. The van der Waals surface area contributed by atoms with Crippen molar-refractivity contribution in [1.29, 1.82) is 5.26 Å². The summed E-state index contributed by atoms with van der Waals surface area (Å²) in [5.74, 6) is -0.287. The number of rotatable bonds is 1. The summed E-state index contributed by atoms with van der Waals surface area (Å²) in [5.41, 5.74) is 3.11. The number of hydrogen-bond donors (Lipinski definition) is 0. The van der Waals surface area contributed by atoms with Crippen molar-refractivity contribution >= 4 is 0 Å². The van der Waals surface area contributed by atoms with Crippen LogP contribution in [0.25, 0.3) is 11.1 Å². The molecule has 0 N–H and O–H groups in total. The zero-order chi connectivity index (χ0) is 11.5. The summed E-state index contributed by atoms with van der Waals surface area (Å²) in [5, 5.41) is 9.03. The van der Waals surface area contributed by atoms with Crippen molar-refractivity contribution in [3.8, 4) is 17.2 Å². The van der Waals surface area contributed by atoms with Gasteiger partial charge in [-0.3, -0.25) is 0 Å². The van der Waals surface area contributed by atoms with Crippen LogP contribution in [0.1, 0.15) is 11.1 Å². The summed E-state index contributed by atoms with van der Waals surface area (Å²) in [6.07, 6.45) is 0. The second kappa shape index (κ2) is 4.16. The average molecular weight is 211 g/mol. The summed E-state index contributed by atoms with van der Waals surface area (Å²) in [7, 11) is 0. The molecule has 2 heteroatoms. The zero-order valence-electron chi connectivity index (χ0n) is 8.87. The van der Waals surface area contributed by atoms with Crippen molar-refractivity contribution in [3.05, 3.63) is 59.4 Å². The topological polar surface area (TPSA) is 23.8 Å². The Labute approximate surface area is 93.8 Å². The van der Waals surface area contributed by atoms with E-state index in [4.69, 9.17) is 5.26 Å². The smallest absolute Gasteiger partial charge is 0.123 e. The summed E-state index contributed by atoms with van der Waals surface area (Å²) in [6.45, 7) is 1.92. The minimum Gasteiger partial charge on any atom is -0.207 e. The Morgan fingerprint density at radius 2 is 1.88 bits per heavy atom. The fourth-order valence-electron chi connectivity index (χ4n) is 1.79. The van der Waals surface area contributed by atoms with Crippen molar-refractivity contribution in [3.63, 3.8) is 0 Å². The first-order chi connectivity index (χ1) is 7.72. The predicted octanol–water partition coefficient (Wildman–Crippen LogP) is 3.67. The summed E-state index contributed by atoms with van der Waals surface area (Å²) in [4.78, 5) is 0. The molecule has 0 saturated heterocycles. The van der Waals surface area contributed by atoms with E-state index in [1.165, 1.54) is 12.1 Å². The lowest BCUT2D eigenvalue weighted by Gasteiger charge is -2.07. The lowest BCUT2D eigenvalue weighted by molar-refractivity contribution is 0.628. The van der Waals surface area contributed by atoms with E-state index >= 15 is 0 Å². The van der Waals surface area contributed by atoms with Crippen LogP contribution in [0.15, 0.2) is 42.5 Å². The molecule has 0 aliphatic heterocycles. The van der Waals surface area contributed by atoms with Crippen LogP contribution in [0.4, 0.5) is 4.39 Å². The van der Waals surface area contributed by atoms with Crippen molar-refractivity contribution in [2.24, 2.45) is 0 Å². The van der Waals surface area contributed by atoms with Crippen molar-refractivity contribution < 1.29 is 4.39 Å². The van der Waals surface area contributed by atoms with Gasteiger partial charge in [-0.2, -0.15) is 5.26 Å². The highest BCUT2D eigenvalue weighted by atomic mass is 19.1. The number of nitrogens with zero attached hydrogens (tertiary/aromatic N) is 1. The van der Waals surface area contributed by atoms with Gasteiger partial charge in [-0.25, -0.2) is 4.39 Å². The molecule has 2 aromatic rings. The predicted molar refractivity (Wildman–Crippen MR) is 61.3 cm³/mol. The van der Waals surface area contributed by atoms with Gasteiger partial charge in [0.2, 0.25) is 0 Å². The van der Waals surface area contributed by atoms with Crippen LogP contribution in [0.5, 0.6) is 0 Å². The SMILES string of the molecule is Cc1cccc(C#N)c1-c1cccc(F)c1. The Bertz CT molecular complexity index is 567. The third-order valence-corrected chi connectivity index (χ3v) is 2.51. The van der Waals surface area contributed by atoms with Gasteiger partial charge in [0, 0.05) is 5.56 Å². The highest BCUT2D eigenvalue weighted by Gasteiger charge is 2.07. The molecule has 0 heterocycles. The van der Waals surface area contributed by atoms with Gasteiger partial charge in [0.15, 0.2) is 0 Å². The molecule has 0 aromatic heterocycles. The van der Waals surface area contributed by atoms with Crippen molar-refractivity contribution in [2.45, 2.75) is 6.92 Å². The first-order valence-electron chi connectivity index (χ1n) is 4.98. The quantitative estimate of drug-likeness (QED) is 0.706. The van der Waals surface area contributed by atoms with Crippen molar-refractivity contribution in [1.82, 2.24) is 0 Å². The fourth-order valence-corrected chi connectivity index (χ4v) is 1.79. The van der Waals surface area contributed by atoms with Gasteiger partial charge in [0.05, 0.1) is 11.6 Å². The molecule has 1 nitrogen and oxygen atoms in total. The molecule has 0 unspecified atom stereocenters. The second-order valence-corrected chi connectivity index (χ2v) is 3.62. The molecule has 2 aromatic carbocycles. The zero-order valence-corrected chi connectivity index (χ0v) is 8.87. The van der Waals surface area contributed by atoms with Crippen LogP contribution in [0, 0.1) is 24.1 Å². The van der Waals surface area contributed by atoms with Crippen LogP contribution < -0.4 is 0 Å². The summed E-state index contributed by atoms with van der Waals surface area (Å²) >= 11 is 0. The number of hydrogen-bond acceptors (Lipinski definition) is 1. The van der Waals surface area contributed by atoms with E-state index in [0.29, 0.717) is 5.56 Å². The van der Waals surface area contributed by atoms with Gasteiger partial charge in [-0.15, -0.1) is 0 Å². The van der Waals surface area contributed by atoms with Crippen LogP contribution in [-0.2, 0) is 0 Å². The highest BCUT2D eigenvalue weighted by molar-refractivity contribution is 5.73. The molecular formula is C14H10FN. The minimum atomic E-state index is -0.287. The molecule has 2 rings (SSSR count). The van der Waals surface area contributed by atoms with Crippen LogP contribution in [0.3, 0.4) is 0 Å². The maximum Gasteiger partial charge on any atom is 0.123 e. The van der Waals surface area contributed by atoms with Gasteiger partial charge in [0.25, 0.3) is 0 Å². The van der Waals surface area contributed by atoms with Gasteiger partial charge in [-0.1, -0.05) is 24.3 Å². The number of halogens is 1. The molecule has 0 fully saturated rings. The van der Waals surface area contributed by atoms with Crippen LogP contribution >= 0.6 is 0 Å². The van der Waals surface area contributed by atoms with E-state index in [9.17, 15) is 4.39 Å². The van der Waals surface area contributed by atoms with Crippen LogP contribution in [0.2, 0.25) is 0 Å². The second-order valence-electron chi connectivity index (χ2n) is 3.62. The third-order valence-electron chi connectivity index (χ3n) is 2.51. The van der Waals surface area contributed by atoms with Gasteiger partial charge in [-0.05, 0) is 36.2 Å². The fraction of sp³-hybridized carbons (Fsp3) is 0.0714. The maximum atomic E-state index is 13.1. The Kier molecular flexibility index (Phi) is 2.70. The Morgan fingerprint density at radius 3 is 2.56 bits per heavy atom. The molecule has 78 valence electrons. The standard InChI is InChI=1S/C14H10FN/c1-10-4-2-6-12(9-16)14(10)11-5-3-7-13(15)8-11/h2-8H,1H3. The largest absolute Gasteiger partial charge is 0.207 e. The highest BCUT2D eigenvalue weighted by Crippen LogP contribution is 2.27. The molecular weight excluding hydrogens is 201 g/mol. The molecule has 16 heavy (non-hydrogen) atoms. The molecule has 0 atom stereocenters. The first kappa shape index (κ1) is 10.4. The third kappa shape index (κ3) is 1.80. The number of nitriles is 1. The lowest BCUT2D eigenvalue weighted by Crippen LogP contribution is -1.89. The maximum absolute atomic E-state index is 13.1. The van der Waals surface area contributed by atoms with E-state index < -0.39 is 0 Å². The molecule has 0 radical (unpaired) electrons. The van der Waals surface area contributed by atoms with Crippen LogP contribution in [-0.4, -0.2) is 0 Å². The van der Waals surface area contributed by atoms with E-state index in [1.807, 2.05) is 25.1 Å². The van der Waals surface area contributed by atoms with E-state index in [-0.39, 0.29) is 5.82 Å². The first-order valence-corrected chi connectivity index (χ1v) is 4.98. The molecule has 0 aliphatic carbocycles. The normalized spacial score (nSPS) is 9.81. The van der Waals surface area contributed by atoms with Gasteiger partial charge >= 0.3 is 0 Å². The van der Waals surface area contributed by atoms with Gasteiger partial charge < -0.3 is 0 Å².